The van der Waals surface area contributed by atoms with Gasteiger partial charge in [0.25, 0.3) is 5.69 Å². The van der Waals surface area contributed by atoms with E-state index in [1.165, 1.54) is 6.07 Å². The molecule has 0 aromatic heterocycles. The third-order valence-electron chi connectivity index (χ3n) is 2.60. The standard InChI is InChI=1S/C12H18N2O3/c1-9(2)13(6-7-15)12-8-10(3)4-5-11(12)14(16)17/h4-5,8-9,15H,6-7H2,1-3H3. The van der Waals surface area contributed by atoms with E-state index >= 15 is 0 Å². The number of benzene rings is 1. The third kappa shape index (κ3) is 3.17. The molecule has 5 heteroatoms. The van der Waals surface area contributed by atoms with Crippen molar-refractivity contribution in [1.82, 2.24) is 0 Å². The van der Waals surface area contributed by atoms with E-state index in [1.807, 2.05) is 25.7 Å². The molecule has 0 amide bonds. The van der Waals surface area contributed by atoms with Gasteiger partial charge in [0.05, 0.1) is 11.5 Å². The minimum atomic E-state index is -0.387. The van der Waals surface area contributed by atoms with Crippen LogP contribution in [-0.4, -0.2) is 29.2 Å². The summed E-state index contributed by atoms with van der Waals surface area (Å²) < 4.78 is 0. The molecule has 0 bridgehead atoms. The molecule has 0 saturated carbocycles. The van der Waals surface area contributed by atoms with Gasteiger partial charge in [0.2, 0.25) is 0 Å². The third-order valence-corrected chi connectivity index (χ3v) is 2.60. The Hall–Kier alpha value is -1.62. The highest BCUT2D eigenvalue weighted by Gasteiger charge is 2.20. The van der Waals surface area contributed by atoms with Crippen molar-refractivity contribution in [2.75, 3.05) is 18.1 Å². The molecule has 0 aliphatic rings. The fourth-order valence-electron chi connectivity index (χ4n) is 1.78. The number of nitrogens with zero attached hydrogens (tertiary/aromatic N) is 2. The lowest BCUT2D eigenvalue weighted by Crippen LogP contribution is -2.33. The van der Waals surface area contributed by atoms with E-state index in [0.717, 1.165) is 5.56 Å². The number of aryl methyl sites for hydroxylation is 1. The second-order valence-corrected chi connectivity index (χ2v) is 4.26. The molecule has 0 heterocycles. The molecular formula is C12H18N2O3. The maximum absolute atomic E-state index is 11.0. The maximum Gasteiger partial charge on any atom is 0.292 e. The maximum atomic E-state index is 11.0. The summed E-state index contributed by atoms with van der Waals surface area (Å²) >= 11 is 0. The lowest BCUT2D eigenvalue weighted by Gasteiger charge is -2.28. The van der Waals surface area contributed by atoms with Gasteiger partial charge in [-0.1, -0.05) is 6.07 Å². The second-order valence-electron chi connectivity index (χ2n) is 4.26. The Morgan fingerprint density at radius 2 is 2.12 bits per heavy atom. The van der Waals surface area contributed by atoms with Gasteiger partial charge in [-0.05, 0) is 32.4 Å². The van der Waals surface area contributed by atoms with Crippen molar-refractivity contribution in [1.29, 1.82) is 0 Å². The highest BCUT2D eigenvalue weighted by atomic mass is 16.6. The highest BCUT2D eigenvalue weighted by molar-refractivity contribution is 5.64. The average Bonchev–Trinajstić information content (AvgIpc) is 2.24. The van der Waals surface area contributed by atoms with Crippen molar-refractivity contribution in [3.05, 3.63) is 33.9 Å². The number of hydrogen-bond acceptors (Lipinski definition) is 4. The van der Waals surface area contributed by atoms with Gasteiger partial charge in [-0.15, -0.1) is 0 Å². The molecule has 1 rings (SSSR count). The number of nitro benzene ring substituents is 1. The van der Waals surface area contributed by atoms with Crippen molar-refractivity contribution in [2.45, 2.75) is 26.8 Å². The molecule has 17 heavy (non-hydrogen) atoms. The minimum absolute atomic E-state index is 0.0245. The molecule has 0 radical (unpaired) electrons. The van der Waals surface area contributed by atoms with Crippen molar-refractivity contribution in [3.8, 4) is 0 Å². The number of aliphatic hydroxyl groups is 1. The highest BCUT2D eigenvalue weighted by Crippen LogP contribution is 2.30. The van der Waals surface area contributed by atoms with Crippen LogP contribution in [0.4, 0.5) is 11.4 Å². The number of nitro groups is 1. The van der Waals surface area contributed by atoms with Gasteiger partial charge < -0.3 is 10.0 Å². The molecule has 0 saturated heterocycles. The Balaban J connectivity index is 3.24. The van der Waals surface area contributed by atoms with Crippen molar-refractivity contribution < 1.29 is 10.0 Å². The molecule has 1 aromatic carbocycles. The van der Waals surface area contributed by atoms with Crippen LogP contribution in [0.2, 0.25) is 0 Å². The van der Waals surface area contributed by atoms with Crippen LogP contribution in [0.15, 0.2) is 18.2 Å². The first-order valence-corrected chi connectivity index (χ1v) is 5.60. The quantitative estimate of drug-likeness (QED) is 0.630. The molecule has 5 nitrogen and oxygen atoms in total. The lowest BCUT2D eigenvalue weighted by atomic mass is 10.1. The van der Waals surface area contributed by atoms with Crippen molar-refractivity contribution in [2.24, 2.45) is 0 Å². The van der Waals surface area contributed by atoms with Gasteiger partial charge in [0.1, 0.15) is 5.69 Å². The molecular weight excluding hydrogens is 220 g/mol. The number of anilines is 1. The fourth-order valence-corrected chi connectivity index (χ4v) is 1.78. The van der Waals surface area contributed by atoms with Crippen molar-refractivity contribution >= 4 is 11.4 Å². The van der Waals surface area contributed by atoms with Gasteiger partial charge >= 0.3 is 0 Å². The zero-order valence-corrected chi connectivity index (χ0v) is 10.4. The van der Waals surface area contributed by atoms with Crippen LogP contribution >= 0.6 is 0 Å². The van der Waals surface area contributed by atoms with Crippen molar-refractivity contribution in [3.63, 3.8) is 0 Å². The topological polar surface area (TPSA) is 66.6 Å². The van der Waals surface area contributed by atoms with Gasteiger partial charge in [-0.25, -0.2) is 0 Å². The van der Waals surface area contributed by atoms with Crippen LogP contribution in [-0.2, 0) is 0 Å². The van der Waals surface area contributed by atoms with Gasteiger partial charge in [0.15, 0.2) is 0 Å². The molecule has 0 fully saturated rings. The molecule has 1 N–H and O–H groups in total. The fraction of sp³-hybridized carbons (Fsp3) is 0.500. The Labute approximate surface area is 101 Å². The van der Waals surface area contributed by atoms with E-state index in [4.69, 9.17) is 5.11 Å². The largest absolute Gasteiger partial charge is 0.395 e. The molecule has 0 aliphatic heterocycles. The number of aliphatic hydroxyl groups excluding tert-OH is 1. The van der Waals surface area contributed by atoms with E-state index in [0.29, 0.717) is 12.2 Å². The molecule has 0 spiro atoms. The predicted octanol–water partition coefficient (Wildman–Crippen LogP) is 2.11. The Bertz CT molecular complexity index is 405. The lowest BCUT2D eigenvalue weighted by molar-refractivity contribution is -0.384. The van der Waals surface area contributed by atoms with Gasteiger partial charge in [0, 0.05) is 18.7 Å². The van der Waals surface area contributed by atoms with Crippen LogP contribution in [0.3, 0.4) is 0 Å². The van der Waals surface area contributed by atoms with Crippen LogP contribution < -0.4 is 4.90 Å². The van der Waals surface area contributed by atoms with Crippen LogP contribution in [0.5, 0.6) is 0 Å². The van der Waals surface area contributed by atoms with E-state index in [1.54, 1.807) is 12.1 Å². The minimum Gasteiger partial charge on any atom is -0.395 e. The first-order chi connectivity index (χ1) is 7.97. The zero-order valence-electron chi connectivity index (χ0n) is 10.4. The summed E-state index contributed by atoms with van der Waals surface area (Å²) in [7, 11) is 0. The average molecular weight is 238 g/mol. The number of hydrogen-bond donors (Lipinski definition) is 1. The molecule has 0 aliphatic carbocycles. The van der Waals surface area contributed by atoms with E-state index in [9.17, 15) is 10.1 Å². The Morgan fingerprint density at radius 3 is 2.59 bits per heavy atom. The molecule has 1 aromatic rings. The summed E-state index contributed by atoms with van der Waals surface area (Å²) in [6.45, 7) is 6.15. The number of rotatable bonds is 5. The van der Waals surface area contributed by atoms with E-state index in [2.05, 4.69) is 0 Å². The second kappa shape index (κ2) is 5.63. The first kappa shape index (κ1) is 13.4. The van der Waals surface area contributed by atoms with Gasteiger partial charge in [-0.2, -0.15) is 0 Å². The normalized spacial score (nSPS) is 10.6. The first-order valence-electron chi connectivity index (χ1n) is 5.60. The predicted molar refractivity (Wildman–Crippen MR) is 67.4 cm³/mol. The summed E-state index contributed by atoms with van der Waals surface area (Å²) in [4.78, 5) is 12.4. The van der Waals surface area contributed by atoms with Crippen LogP contribution in [0.1, 0.15) is 19.4 Å². The molecule has 94 valence electrons. The van der Waals surface area contributed by atoms with Gasteiger partial charge in [-0.3, -0.25) is 10.1 Å². The van der Waals surface area contributed by atoms with Crippen LogP contribution in [0, 0.1) is 17.0 Å². The Morgan fingerprint density at radius 1 is 1.47 bits per heavy atom. The summed E-state index contributed by atoms with van der Waals surface area (Å²) in [5.41, 5.74) is 1.62. The molecule has 0 unspecified atom stereocenters. The molecule has 0 atom stereocenters. The van der Waals surface area contributed by atoms with E-state index in [-0.39, 0.29) is 23.3 Å². The zero-order chi connectivity index (χ0) is 13.0. The van der Waals surface area contributed by atoms with E-state index < -0.39 is 0 Å². The SMILES string of the molecule is Cc1ccc([N+](=O)[O-])c(N(CCO)C(C)C)c1. The summed E-state index contributed by atoms with van der Waals surface area (Å²) in [6.07, 6.45) is 0. The van der Waals surface area contributed by atoms with Crippen LogP contribution in [0.25, 0.3) is 0 Å². The summed E-state index contributed by atoms with van der Waals surface area (Å²) in [5, 5.41) is 20.0. The monoisotopic (exact) mass is 238 g/mol. The smallest absolute Gasteiger partial charge is 0.292 e. The summed E-state index contributed by atoms with van der Waals surface area (Å²) in [6, 6.07) is 5.12. The summed E-state index contributed by atoms with van der Waals surface area (Å²) in [5.74, 6) is 0. The Kier molecular flexibility index (Phi) is 4.45.